The molecule has 2 aromatic carbocycles. The zero-order valence-electron chi connectivity index (χ0n) is 24.8. The maximum absolute atomic E-state index is 12.6. The van der Waals surface area contributed by atoms with Gasteiger partial charge in [-0.1, -0.05) is 42.4 Å². The highest BCUT2D eigenvalue weighted by atomic mass is 35.5. The van der Waals surface area contributed by atoms with Crippen molar-refractivity contribution >= 4 is 43.7 Å². The molecule has 7 rings (SSSR count). The van der Waals surface area contributed by atoms with Crippen molar-refractivity contribution in [3.05, 3.63) is 64.7 Å². The quantitative estimate of drug-likeness (QED) is 0.314. The van der Waals surface area contributed by atoms with Crippen molar-refractivity contribution in [1.29, 1.82) is 0 Å². The molecule has 1 saturated carbocycles. The summed E-state index contributed by atoms with van der Waals surface area (Å²) in [4.78, 5) is 17.2. The van der Waals surface area contributed by atoms with Gasteiger partial charge in [0.15, 0.2) is 9.84 Å². The van der Waals surface area contributed by atoms with Crippen LogP contribution >= 0.6 is 11.6 Å². The fraction of sp³-hybridized carbons (Fsp3) is 0.515. The van der Waals surface area contributed by atoms with E-state index in [0.29, 0.717) is 32.0 Å². The van der Waals surface area contributed by atoms with Crippen molar-refractivity contribution in [3.8, 4) is 6.01 Å². The standard InChI is InChI=1S/C33H40ClN5O3S/c1-3-43(40,41)25-13-12-24(20-25)37(2)31-26-14-19-38(29-11-5-9-23-8-4-10-27(34)30(23)29)21-28(26)35-32(36-31)42-22-33-15-6-17-39(33)18-7-16-33/h3-5,8-11,24-25H,1,6-7,12-22H2,2H3/t24-,25+/m1/s1. The largest absolute Gasteiger partial charge is 0.461 e. The summed E-state index contributed by atoms with van der Waals surface area (Å²) in [5.74, 6) is 0.865. The van der Waals surface area contributed by atoms with Crippen LogP contribution in [0.1, 0.15) is 56.2 Å². The van der Waals surface area contributed by atoms with E-state index in [2.05, 4.69) is 45.5 Å². The maximum Gasteiger partial charge on any atom is 0.318 e. The van der Waals surface area contributed by atoms with Gasteiger partial charge < -0.3 is 14.5 Å². The number of hydrogen-bond acceptors (Lipinski definition) is 8. The molecule has 10 heteroatoms. The van der Waals surface area contributed by atoms with E-state index in [1.54, 1.807) is 0 Å². The third-order valence-electron chi connectivity index (χ3n) is 10.4. The second-order valence-corrected chi connectivity index (χ2v) is 15.3. The van der Waals surface area contributed by atoms with Crippen LogP contribution in [0.25, 0.3) is 10.8 Å². The number of fused-ring (bicyclic) bond motifs is 3. The van der Waals surface area contributed by atoms with Crippen molar-refractivity contribution < 1.29 is 13.2 Å². The Morgan fingerprint density at radius 1 is 1.12 bits per heavy atom. The molecule has 3 aromatic rings. The lowest BCUT2D eigenvalue weighted by Gasteiger charge is -2.35. The average molecular weight is 622 g/mol. The number of sulfone groups is 1. The Balaban J connectivity index is 1.22. The molecule has 1 aromatic heterocycles. The third kappa shape index (κ3) is 5.17. The molecule has 3 aliphatic heterocycles. The molecule has 0 spiro atoms. The summed E-state index contributed by atoms with van der Waals surface area (Å²) in [6, 6.07) is 12.8. The minimum absolute atomic E-state index is 0.0697. The van der Waals surface area contributed by atoms with Gasteiger partial charge in [0.2, 0.25) is 0 Å². The molecule has 1 aliphatic carbocycles. The predicted molar refractivity (Wildman–Crippen MR) is 173 cm³/mol. The maximum atomic E-state index is 12.6. The third-order valence-corrected chi connectivity index (χ3v) is 12.5. The van der Waals surface area contributed by atoms with Crippen LogP contribution < -0.4 is 14.5 Å². The first-order valence-electron chi connectivity index (χ1n) is 15.6. The molecule has 8 nitrogen and oxygen atoms in total. The van der Waals surface area contributed by atoms with Gasteiger partial charge in [0, 0.05) is 41.7 Å². The average Bonchev–Trinajstić information content (AvgIpc) is 3.76. The molecule has 4 aliphatic rings. The Bertz CT molecular complexity index is 1650. The summed E-state index contributed by atoms with van der Waals surface area (Å²) >= 11 is 6.72. The Morgan fingerprint density at radius 3 is 2.65 bits per heavy atom. The summed E-state index contributed by atoms with van der Waals surface area (Å²) < 4.78 is 31.7. The van der Waals surface area contributed by atoms with Gasteiger partial charge in [-0.3, -0.25) is 4.90 Å². The molecular formula is C33H40ClN5O3S. The molecule has 228 valence electrons. The smallest absolute Gasteiger partial charge is 0.318 e. The van der Waals surface area contributed by atoms with Crippen LogP contribution in [-0.4, -0.2) is 73.4 Å². The first-order chi connectivity index (χ1) is 20.8. The minimum Gasteiger partial charge on any atom is -0.461 e. The zero-order chi connectivity index (χ0) is 29.8. The van der Waals surface area contributed by atoms with Crippen LogP contribution in [0.4, 0.5) is 11.5 Å². The lowest BCUT2D eigenvalue weighted by atomic mass is 9.95. The van der Waals surface area contributed by atoms with Crippen molar-refractivity contribution in [1.82, 2.24) is 14.9 Å². The summed E-state index contributed by atoms with van der Waals surface area (Å²) in [5, 5.41) is 3.63. The van der Waals surface area contributed by atoms with E-state index in [1.807, 2.05) is 19.2 Å². The number of ether oxygens (including phenoxy) is 1. The molecule has 0 radical (unpaired) electrons. The number of halogens is 1. The van der Waals surface area contributed by atoms with Gasteiger partial charge in [-0.2, -0.15) is 9.97 Å². The van der Waals surface area contributed by atoms with E-state index >= 15 is 0 Å². The van der Waals surface area contributed by atoms with E-state index in [9.17, 15) is 8.42 Å². The highest BCUT2D eigenvalue weighted by Gasteiger charge is 2.45. The summed E-state index contributed by atoms with van der Waals surface area (Å²) in [6.07, 6.45) is 7.50. The number of anilines is 2. The summed E-state index contributed by atoms with van der Waals surface area (Å²) in [7, 11) is -1.25. The van der Waals surface area contributed by atoms with Gasteiger partial charge in [-0.25, -0.2) is 8.42 Å². The number of nitrogens with zero attached hydrogens (tertiary/aromatic N) is 5. The van der Waals surface area contributed by atoms with Gasteiger partial charge in [0.1, 0.15) is 12.4 Å². The van der Waals surface area contributed by atoms with E-state index in [-0.39, 0.29) is 11.6 Å². The Kier molecular flexibility index (Phi) is 7.54. The molecule has 43 heavy (non-hydrogen) atoms. The minimum atomic E-state index is -3.30. The number of rotatable bonds is 8. The second-order valence-electron chi connectivity index (χ2n) is 12.7. The predicted octanol–water partition coefficient (Wildman–Crippen LogP) is 5.77. The van der Waals surface area contributed by atoms with Crippen molar-refractivity contribution in [2.24, 2.45) is 0 Å². The van der Waals surface area contributed by atoms with E-state index in [1.165, 1.54) is 12.8 Å². The fourth-order valence-electron chi connectivity index (χ4n) is 8.03. The van der Waals surface area contributed by atoms with Crippen LogP contribution in [-0.2, 0) is 22.8 Å². The molecular weight excluding hydrogens is 582 g/mol. The van der Waals surface area contributed by atoms with Gasteiger partial charge in [0.05, 0.1) is 28.1 Å². The Morgan fingerprint density at radius 2 is 1.88 bits per heavy atom. The monoisotopic (exact) mass is 621 g/mol. The van der Waals surface area contributed by atoms with Crippen LogP contribution in [0.15, 0.2) is 48.4 Å². The molecule has 0 unspecified atom stereocenters. The summed E-state index contributed by atoms with van der Waals surface area (Å²) in [6.45, 7) is 7.85. The Hall–Kier alpha value is -2.88. The molecule has 4 heterocycles. The van der Waals surface area contributed by atoms with Crippen LogP contribution in [0.3, 0.4) is 0 Å². The van der Waals surface area contributed by atoms with Gasteiger partial charge in [-0.05, 0) is 82.0 Å². The fourth-order valence-corrected chi connectivity index (χ4v) is 9.53. The van der Waals surface area contributed by atoms with Crippen molar-refractivity contribution in [3.63, 3.8) is 0 Å². The van der Waals surface area contributed by atoms with Crippen LogP contribution in [0.5, 0.6) is 6.01 Å². The summed E-state index contributed by atoms with van der Waals surface area (Å²) in [5.41, 5.74) is 3.27. The van der Waals surface area contributed by atoms with Gasteiger partial charge >= 0.3 is 6.01 Å². The molecule has 0 bridgehead atoms. The van der Waals surface area contributed by atoms with E-state index in [0.717, 1.165) is 89.3 Å². The highest BCUT2D eigenvalue weighted by molar-refractivity contribution is 7.94. The van der Waals surface area contributed by atoms with Crippen molar-refractivity contribution in [2.45, 2.75) is 74.7 Å². The molecule has 0 amide bonds. The first-order valence-corrected chi connectivity index (χ1v) is 17.6. The van der Waals surface area contributed by atoms with Crippen LogP contribution in [0.2, 0.25) is 5.02 Å². The number of benzene rings is 2. The molecule has 0 N–H and O–H groups in total. The molecule has 2 saturated heterocycles. The SMILES string of the molecule is C=CS(=O)(=O)[C@H]1CC[C@@H](N(C)c2nc(OCC34CCCN3CCC4)nc3c2CCN(c2cccc4cccc(Cl)c24)C3)C1. The lowest BCUT2D eigenvalue weighted by molar-refractivity contribution is 0.107. The second kappa shape index (κ2) is 11.2. The van der Waals surface area contributed by atoms with E-state index in [4.69, 9.17) is 26.3 Å². The highest BCUT2D eigenvalue weighted by Crippen LogP contribution is 2.41. The van der Waals surface area contributed by atoms with Crippen LogP contribution in [0, 0.1) is 0 Å². The van der Waals surface area contributed by atoms with Crippen molar-refractivity contribution in [2.75, 3.05) is 43.1 Å². The van der Waals surface area contributed by atoms with Gasteiger partial charge in [-0.15, -0.1) is 0 Å². The molecule has 2 atom stereocenters. The molecule has 3 fully saturated rings. The Labute approximate surface area is 259 Å². The lowest BCUT2D eigenvalue weighted by Crippen LogP contribution is -2.43. The van der Waals surface area contributed by atoms with Gasteiger partial charge in [0.25, 0.3) is 0 Å². The zero-order valence-corrected chi connectivity index (χ0v) is 26.4. The topological polar surface area (TPSA) is 78.9 Å². The normalized spacial score (nSPS) is 23.3. The first kappa shape index (κ1) is 28.9. The number of hydrogen-bond donors (Lipinski definition) is 0. The number of aromatic nitrogens is 2. The van der Waals surface area contributed by atoms with E-state index < -0.39 is 15.1 Å².